The fourth-order valence-corrected chi connectivity index (χ4v) is 3.83. The molecule has 3 aromatic rings. The summed E-state index contributed by atoms with van der Waals surface area (Å²) in [6.45, 7) is 1.68. The largest absolute Gasteiger partial charge is 0.420 e. The molecule has 0 saturated heterocycles. The van der Waals surface area contributed by atoms with Crippen LogP contribution < -0.4 is 11.2 Å². The van der Waals surface area contributed by atoms with E-state index in [0.29, 0.717) is 11.0 Å². The molecule has 0 bridgehead atoms. The molecule has 0 aliphatic heterocycles. The molecule has 0 atom stereocenters. The number of aryl methyl sites for hydroxylation is 1. The highest BCUT2D eigenvalue weighted by molar-refractivity contribution is 5.82. The maximum absolute atomic E-state index is 13.1. The molecule has 1 aromatic carbocycles. The van der Waals surface area contributed by atoms with Gasteiger partial charge >= 0.3 is 5.76 Å². The van der Waals surface area contributed by atoms with Gasteiger partial charge in [-0.05, 0) is 43.5 Å². The molecule has 0 amide bonds. The van der Waals surface area contributed by atoms with Crippen LogP contribution in [0.25, 0.3) is 11.1 Å². The van der Waals surface area contributed by atoms with E-state index in [0.717, 1.165) is 31.2 Å². The first-order chi connectivity index (χ1) is 14.4. The van der Waals surface area contributed by atoms with E-state index in [1.165, 1.54) is 33.8 Å². The molecule has 0 N–H and O–H groups in total. The van der Waals surface area contributed by atoms with Crippen LogP contribution in [0.1, 0.15) is 42.5 Å². The average molecular weight is 410 g/mol. The zero-order chi connectivity index (χ0) is 21.3. The van der Waals surface area contributed by atoms with Gasteiger partial charge in [0.15, 0.2) is 5.58 Å². The lowest BCUT2D eigenvalue weighted by Gasteiger charge is -2.18. The van der Waals surface area contributed by atoms with E-state index in [2.05, 4.69) is 0 Å². The van der Waals surface area contributed by atoms with Gasteiger partial charge in [-0.15, -0.1) is 0 Å². The van der Waals surface area contributed by atoms with Crippen molar-refractivity contribution in [3.8, 4) is 0 Å². The third-order valence-electron chi connectivity index (χ3n) is 5.40. The molecule has 30 heavy (non-hydrogen) atoms. The fourth-order valence-electron chi connectivity index (χ4n) is 3.83. The van der Waals surface area contributed by atoms with Gasteiger partial charge in [-0.1, -0.05) is 19.3 Å². The van der Waals surface area contributed by atoms with Crippen molar-refractivity contribution in [2.75, 3.05) is 0 Å². The van der Waals surface area contributed by atoms with Crippen molar-refractivity contribution >= 4 is 22.7 Å². The van der Waals surface area contributed by atoms with Gasteiger partial charge in [0.05, 0.1) is 22.5 Å². The van der Waals surface area contributed by atoms with E-state index >= 15 is 0 Å². The molecule has 4 rings (SSSR count). The predicted octanol–water partition coefficient (Wildman–Crippen LogP) is 3.19. The maximum Gasteiger partial charge on any atom is 0.420 e. The Balaban J connectivity index is 1.69. The van der Waals surface area contributed by atoms with E-state index in [1.807, 2.05) is 19.1 Å². The number of rotatable bonds is 4. The topological polar surface area (TPSA) is 113 Å². The Kier molecular flexibility index (Phi) is 5.35. The SMILES string of the molecule is Cc1ccn(C(=O)Cn2c(=O)oc3cc([N+](=O)[O-])ccc32)c(=NC2CCCCC2)c1. The van der Waals surface area contributed by atoms with Crippen molar-refractivity contribution in [1.82, 2.24) is 9.13 Å². The monoisotopic (exact) mass is 410 g/mol. The normalized spacial score (nSPS) is 15.6. The van der Waals surface area contributed by atoms with E-state index in [1.54, 1.807) is 6.20 Å². The third-order valence-corrected chi connectivity index (χ3v) is 5.40. The molecule has 2 aromatic heterocycles. The Morgan fingerprint density at radius 3 is 2.73 bits per heavy atom. The number of hydrogen-bond acceptors (Lipinski definition) is 6. The summed E-state index contributed by atoms with van der Waals surface area (Å²) in [5, 5.41) is 10.9. The molecular weight excluding hydrogens is 388 g/mol. The summed E-state index contributed by atoms with van der Waals surface area (Å²) in [7, 11) is 0. The first-order valence-electron chi connectivity index (χ1n) is 9.96. The summed E-state index contributed by atoms with van der Waals surface area (Å²) in [5.41, 5.74) is 1.78. The van der Waals surface area contributed by atoms with Crippen LogP contribution in [-0.4, -0.2) is 26.0 Å². The number of hydrogen-bond donors (Lipinski definition) is 0. The molecule has 1 aliphatic carbocycles. The predicted molar refractivity (Wildman–Crippen MR) is 109 cm³/mol. The highest BCUT2D eigenvalue weighted by Crippen LogP contribution is 2.21. The molecule has 9 nitrogen and oxygen atoms in total. The molecule has 1 saturated carbocycles. The minimum Gasteiger partial charge on any atom is -0.407 e. The zero-order valence-corrected chi connectivity index (χ0v) is 16.6. The number of nitro groups is 1. The van der Waals surface area contributed by atoms with Gasteiger partial charge in [0, 0.05) is 12.3 Å². The number of oxazole rings is 1. The molecule has 0 spiro atoms. The third kappa shape index (κ3) is 3.96. The zero-order valence-electron chi connectivity index (χ0n) is 16.6. The Morgan fingerprint density at radius 2 is 2.00 bits per heavy atom. The number of pyridine rings is 1. The van der Waals surface area contributed by atoms with Gasteiger partial charge < -0.3 is 4.42 Å². The van der Waals surface area contributed by atoms with Gasteiger partial charge in [0.1, 0.15) is 12.0 Å². The number of carbonyl (C=O) groups is 1. The van der Waals surface area contributed by atoms with Crippen molar-refractivity contribution in [3.63, 3.8) is 0 Å². The van der Waals surface area contributed by atoms with E-state index in [9.17, 15) is 19.7 Å². The second kappa shape index (κ2) is 8.10. The molecule has 0 unspecified atom stereocenters. The molecule has 9 heteroatoms. The number of nitro benzene ring substituents is 1. The lowest BCUT2D eigenvalue weighted by Crippen LogP contribution is -2.33. The molecular formula is C21H22N4O5. The van der Waals surface area contributed by atoms with Crippen LogP contribution in [0.3, 0.4) is 0 Å². The van der Waals surface area contributed by atoms with Crippen molar-refractivity contribution < 1.29 is 14.1 Å². The van der Waals surface area contributed by atoms with Crippen LogP contribution in [0.4, 0.5) is 5.69 Å². The summed E-state index contributed by atoms with van der Waals surface area (Å²) < 4.78 is 7.75. The first-order valence-corrected chi connectivity index (χ1v) is 9.96. The Labute approximate surface area is 171 Å². The van der Waals surface area contributed by atoms with Crippen LogP contribution >= 0.6 is 0 Å². The van der Waals surface area contributed by atoms with Crippen molar-refractivity contribution in [3.05, 3.63) is 68.2 Å². The second-order valence-electron chi connectivity index (χ2n) is 7.61. The maximum atomic E-state index is 13.1. The lowest BCUT2D eigenvalue weighted by molar-refractivity contribution is -0.384. The van der Waals surface area contributed by atoms with Gasteiger partial charge in [-0.3, -0.25) is 29.0 Å². The van der Waals surface area contributed by atoms with Gasteiger partial charge in [-0.2, -0.15) is 0 Å². The standard InChI is InChI=1S/C21H22N4O5/c1-14-9-10-23(19(11-14)22-15-5-3-2-4-6-15)20(26)13-24-17-8-7-16(25(28)29)12-18(17)30-21(24)27/h7-12,15H,2-6,13H2,1H3. The highest BCUT2D eigenvalue weighted by Gasteiger charge is 2.18. The Morgan fingerprint density at radius 1 is 1.23 bits per heavy atom. The van der Waals surface area contributed by atoms with Crippen LogP contribution in [0.15, 0.2) is 50.7 Å². The summed E-state index contributed by atoms with van der Waals surface area (Å²) >= 11 is 0. The number of fused-ring (bicyclic) bond motifs is 1. The van der Waals surface area contributed by atoms with Crippen LogP contribution in [0, 0.1) is 17.0 Å². The number of non-ortho nitro benzene ring substituents is 1. The quantitative estimate of drug-likeness (QED) is 0.484. The molecule has 0 radical (unpaired) electrons. The highest BCUT2D eigenvalue weighted by atomic mass is 16.6. The van der Waals surface area contributed by atoms with Crippen molar-refractivity contribution in [2.45, 2.75) is 51.6 Å². The number of aromatic nitrogens is 2. The Bertz CT molecular complexity index is 1240. The van der Waals surface area contributed by atoms with Crippen LogP contribution in [-0.2, 0) is 6.54 Å². The average Bonchev–Trinajstić information content (AvgIpc) is 3.03. The summed E-state index contributed by atoms with van der Waals surface area (Å²) in [4.78, 5) is 40.5. The minimum atomic E-state index is -0.739. The number of nitrogens with zero attached hydrogens (tertiary/aromatic N) is 4. The van der Waals surface area contributed by atoms with Crippen LogP contribution in [0.2, 0.25) is 0 Å². The smallest absolute Gasteiger partial charge is 0.407 e. The lowest BCUT2D eigenvalue weighted by atomic mass is 9.96. The van der Waals surface area contributed by atoms with E-state index < -0.39 is 10.7 Å². The minimum absolute atomic E-state index is 0.0722. The van der Waals surface area contributed by atoms with Crippen molar-refractivity contribution in [1.29, 1.82) is 0 Å². The second-order valence-corrected chi connectivity index (χ2v) is 7.61. The summed E-state index contributed by atoms with van der Waals surface area (Å²) in [6.07, 6.45) is 7.16. The summed E-state index contributed by atoms with van der Waals surface area (Å²) in [5.74, 6) is -1.08. The summed E-state index contributed by atoms with van der Waals surface area (Å²) in [6, 6.07) is 7.75. The van der Waals surface area contributed by atoms with Gasteiger partial charge in [0.25, 0.3) is 11.6 Å². The molecule has 1 fully saturated rings. The fraction of sp³-hybridized carbons (Fsp3) is 0.381. The van der Waals surface area contributed by atoms with Crippen molar-refractivity contribution in [2.24, 2.45) is 4.99 Å². The molecule has 1 aliphatic rings. The molecule has 2 heterocycles. The first kappa shape index (κ1) is 19.8. The van der Waals surface area contributed by atoms with E-state index in [4.69, 9.17) is 9.41 Å². The van der Waals surface area contributed by atoms with Crippen LogP contribution in [0.5, 0.6) is 0 Å². The Hall–Kier alpha value is -3.49. The number of benzene rings is 1. The van der Waals surface area contributed by atoms with Gasteiger partial charge in [-0.25, -0.2) is 4.79 Å². The number of carbonyl (C=O) groups excluding carboxylic acids is 1. The van der Waals surface area contributed by atoms with E-state index in [-0.39, 0.29) is 29.8 Å². The van der Waals surface area contributed by atoms with Gasteiger partial charge in [0.2, 0.25) is 0 Å². The molecule has 156 valence electrons.